The van der Waals surface area contributed by atoms with Crippen LogP contribution >= 0.6 is 22.6 Å². The zero-order chi connectivity index (χ0) is 12.4. The van der Waals surface area contributed by atoms with Gasteiger partial charge in [-0.2, -0.15) is 0 Å². The Morgan fingerprint density at radius 3 is 2.59 bits per heavy atom. The highest BCUT2D eigenvalue weighted by molar-refractivity contribution is 14.1. The van der Waals surface area contributed by atoms with Crippen molar-refractivity contribution in [3.05, 3.63) is 32.9 Å². The van der Waals surface area contributed by atoms with Gasteiger partial charge in [0.1, 0.15) is 5.78 Å². The third-order valence-corrected chi connectivity index (χ3v) is 4.46. The molecule has 0 N–H and O–H groups in total. The van der Waals surface area contributed by atoms with Crippen molar-refractivity contribution in [3.8, 4) is 0 Å². The molecule has 1 aliphatic rings. The quantitative estimate of drug-likeness (QED) is 0.735. The zero-order valence-corrected chi connectivity index (χ0v) is 11.9. The first-order valence-corrected chi connectivity index (χ1v) is 6.73. The van der Waals surface area contributed by atoms with Crippen LogP contribution in [0.25, 0.3) is 0 Å². The summed E-state index contributed by atoms with van der Waals surface area (Å²) in [6.07, 6.45) is 0.988. The Morgan fingerprint density at radius 2 is 1.94 bits per heavy atom. The van der Waals surface area contributed by atoms with Crippen LogP contribution in [-0.2, 0) is 4.79 Å². The lowest BCUT2D eigenvalue weighted by Gasteiger charge is -2.26. The first-order valence-electron chi connectivity index (χ1n) is 5.65. The number of carbonyl (C=O) groups is 2. The summed E-state index contributed by atoms with van der Waals surface area (Å²) >= 11 is 2.21. The van der Waals surface area contributed by atoms with Gasteiger partial charge < -0.3 is 4.90 Å². The maximum atomic E-state index is 12.3. The Morgan fingerprint density at radius 1 is 1.29 bits per heavy atom. The predicted molar refractivity (Wildman–Crippen MR) is 74.0 cm³/mol. The highest BCUT2D eigenvalue weighted by Gasteiger charge is 2.23. The van der Waals surface area contributed by atoms with Gasteiger partial charge in [-0.3, -0.25) is 9.59 Å². The lowest BCUT2D eigenvalue weighted by atomic mass is 10.1. The molecule has 0 spiro atoms. The van der Waals surface area contributed by atoms with Crippen LogP contribution in [0.1, 0.15) is 28.8 Å². The van der Waals surface area contributed by atoms with E-state index in [0.717, 1.165) is 14.7 Å². The number of likely N-dealkylation sites (tertiary alicyclic amines) is 1. The van der Waals surface area contributed by atoms with E-state index in [2.05, 4.69) is 22.6 Å². The molecule has 0 aromatic heterocycles. The molecule has 1 saturated heterocycles. The minimum Gasteiger partial charge on any atom is -0.338 e. The summed E-state index contributed by atoms with van der Waals surface area (Å²) in [6, 6.07) is 5.76. The molecule has 0 bridgehead atoms. The van der Waals surface area contributed by atoms with E-state index < -0.39 is 0 Å². The van der Waals surface area contributed by atoms with Gasteiger partial charge in [0, 0.05) is 29.5 Å². The van der Waals surface area contributed by atoms with Crippen molar-refractivity contribution in [2.75, 3.05) is 13.1 Å². The molecule has 0 unspecified atom stereocenters. The van der Waals surface area contributed by atoms with Crippen molar-refractivity contribution in [3.63, 3.8) is 0 Å². The summed E-state index contributed by atoms with van der Waals surface area (Å²) in [7, 11) is 0. The Bertz CT molecular complexity index is 460. The first kappa shape index (κ1) is 12.5. The largest absolute Gasteiger partial charge is 0.338 e. The molecule has 0 radical (unpaired) electrons. The van der Waals surface area contributed by atoms with Gasteiger partial charge in [-0.05, 0) is 41.1 Å². The van der Waals surface area contributed by atoms with Crippen molar-refractivity contribution < 1.29 is 9.59 Å². The summed E-state index contributed by atoms with van der Waals surface area (Å²) in [5.41, 5.74) is 1.87. The van der Waals surface area contributed by atoms with E-state index in [1.807, 2.05) is 25.1 Å². The fourth-order valence-electron chi connectivity index (χ4n) is 1.94. The number of halogens is 1. The molecule has 4 heteroatoms. The fraction of sp³-hybridized carbons (Fsp3) is 0.385. The van der Waals surface area contributed by atoms with Crippen LogP contribution in [0.15, 0.2) is 18.2 Å². The Labute approximate surface area is 114 Å². The van der Waals surface area contributed by atoms with E-state index in [1.165, 1.54) is 0 Å². The monoisotopic (exact) mass is 343 g/mol. The predicted octanol–water partition coefficient (Wildman–Crippen LogP) is 2.40. The highest BCUT2D eigenvalue weighted by atomic mass is 127. The van der Waals surface area contributed by atoms with Gasteiger partial charge >= 0.3 is 0 Å². The van der Waals surface area contributed by atoms with Crippen LogP contribution in [0.5, 0.6) is 0 Å². The van der Waals surface area contributed by atoms with Crippen molar-refractivity contribution in [1.82, 2.24) is 4.90 Å². The summed E-state index contributed by atoms with van der Waals surface area (Å²) < 4.78 is 1.01. The molecular formula is C13H14INO2. The normalized spacial score (nSPS) is 16.1. The maximum Gasteiger partial charge on any atom is 0.254 e. The van der Waals surface area contributed by atoms with Crippen molar-refractivity contribution in [2.24, 2.45) is 0 Å². The smallest absolute Gasteiger partial charge is 0.254 e. The lowest BCUT2D eigenvalue weighted by molar-refractivity contribution is -0.120. The second-order valence-corrected chi connectivity index (χ2v) is 5.35. The van der Waals surface area contributed by atoms with Gasteiger partial charge in [-0.15, -0.1) is 0 Å². The first-order chi connectivity index (χ1) is 8.09. The number of hydrogen-bond donors (Lipinski definition) is 0. The molecule has 0 atom stereocenters. The van der Waals surface area contributed by atoms with Gasteiger partial charge in [0.2, 0.25) is 0 Å². The number of ketones is 1. The summed E-state index contributed by atoms with van der Waals surface area (Å²) in [4.78, 5) is 25.2. The molecule has 0 aliphatic carbocycles. The number of rotatable bonds is 1. The van der Waals surface area contributed by atoms with Crippen LogP contribution in [0.2, 0.25) is 0 Å². The molecule has 1 aromatic carbocycles. The highest BCUT2D eigenvalue weighted by Crippen LogP contribution is 2.19. The molecule has 3 nitrogen and oxygen atoms in total. The van der Waals surface area contributed by atoms with Crippen LogP contribution in [0.3, 0.4) is 0 Å². The van der Waals surface area contributed by atoms with Gasteiger partial charge in [-0.1, -0.05) is 12.1 Å². The molecule has 1 fully saturated rings. The van der Waals surface area contributed by atoms with E-state index in [4.69, 9.17) is 0 Å². The third-order valence-electron chi connectivity index (χ3n) is 3.03. The minimum atomic E-state index is 0.0469. The standard InChI is InChI=1S/C13H14INO2/c1-9-3-2-4-11(12(9)14)13(17)15-7-5-10(16)6-8-15/h2-4H,5-8H2,1H3. The van der Waals surface area contributed by atoms with E-state index >= 15 is 0 Å². The number of amides is 1. The van der Waals surface area contributed by atoms with Crippen LogP contribution < -0.4 is 0 Å². The topological polar surface area (TPSA) is 37.4 Å². The van der Waals surface area contributed by atoms with Gasteiger partial charge in [0.25, 0.3) is 5.91 Å². The maximum absolute atomic E-state index is 12.3. The zero-order valence-electron chi connectivity index (χ0n) is 9.70. The van der Waals surface area contributed by atoms with E-state index in [9.17, 15) is 9.59 Å². The Hall–Kier alpha value is -0.910. The molecule has 0 saturated carbocycles. The molecule has 1 amide bonds. The molecule has 2 rings (SSSR count). The number of Topliss-reactive ketones (excluding diaryl/α,β-unsaturated/α-hetero) is 1. The second-order valence-electron chi connectivity index (χ2n) is 4.27. The second kappa shape index (κ2) is 5.16. The number of hydrogen-bond acceptors (Lipinski definition) is 2. The number of aryl methyl sites for hydroxylation is 1. The fourth-order valence-corrected chi connectivity index (χ4v) is 2.53. The number of benzene rings is 1. The molecule has 1 aromatic rings. The number of nitrogens with zero attached hydrogens (tertiary/aromatic N) is 1. The SMILES string of the molecule is Cc1cccc(C(=O)N2CCC(=O)CC2)c1I. The number of carbonyl (C=O) groups excluding carboxylic acids is 2. The van der Waals surface area contributed by atoms with Crippen molar-refractivity contribution in [2.45, 2.75) is 19.8 Å². The lowest BCUT2D eigenvalue weighted by Crippen LogP contribution is -2.38. The van der Waals surface area contributed by atoms with E-state index in [1.54, 1.807) is 4.90 Å². The Balaban J connectivity index is 2.20. The van der Waals surface area contributed by atoms with Gasteiger partial charge in [-0.25, -0.2) is 0 Å². The Kier molecular flexibility index (Phi) is 3.81. The van der Waals surface area contributed by atoms with Gasteiger partial charge in [0.05, 0.1) is 5.56 Å². The van der Waals surface area contributed by atoms with Crippen LogP contribution in [-0.4, -0.2) is 29.7 Å². The summed E-state index contributed by atoms with van der Waals surface area (Å²) in [6.45, 7) is 3.11. The van der Waals surface area contributed by atoms with Gasteiger partial charge in [0.15, 0.2) is 0 Å². The van der Waals surface area contributed by atoms with E-state index in [-0.39, 0.29) is 11.7 Å². The molecule has 90 valence electrons. The average Bonchev–Trinajstić information content (AvgIpc) is 2.33. The molecule has 17 heavy (non-hydrogen) atoms. The third kappa shape index (κ3) is 2.68. The summed E-state index contributed by atoms with van der Waals surface area (Å²) in [5.74, 6) is 0.304. The summed E-state index contributed by atoms with van der Waals surface area (Å²) in [5, 5.41) is 0. The van der Waals surface area contributed by atoms with E-state index in [0.29, 0.717) is 25.9 Å². The average molecular weight is 343 g/mol. The number of piperidine rings is 1. The van der Waals surface area contributed by atoms with Crippen molar-refractivity contribution >= 4 is 34.3 Å². The molecule has 1 heterocycles. The van der Waals surface area contributed by atoms with Crippen LogP contribution in [0.4, 0.5) is 0 Å². The minimum absolute atomic E-state index is 0.0469. The van der Waals surface area contributed by atoms with Crippen LogP contribution in [0, 0.1) is 10.5 Å². The van der Waals surface area contributed by atoms with Crippen molar-refractivity contribution in [1.29, 1.82) is 0 Å². The molecular weight excluding hydrogens is 329 g/mol. The molecule has 1 aliphatic heterocycles.